The van der Waals surface area contributed by atoms with Gasteiger partial charge in [0.2, 0.25) is 5.91 Å². The summed E-state index contributed by atoms with van der Waals surface area (Å²) in [6.07, 6.45) is 0.297. The van der Waals surface area contributed by atoms with Crippen molar-refractivity contribution < 1.29 is 4.79 Å². The van der Waals surface area contributed by atoms with Crippen molar-refractivity contribution in [1.82, 2.24) is 9.88 Å². The summed E-state index contributed by atoms with van der Waals surface area (Å²) in [5.41, 5.74) is 2.99. The van der Waals surface area contributed by atoms with Crippen LogP contribution in [0.5, 0.6) is 0 Å². The second-order valence-corrected chi connectivity index (χ2v) is 9.07. The normalized spacial score (nSPS) is 11.1. The number of benzene rings is 1. The fourth-order valence-electron chi connectivity index (χ4n) is 2.65. The van der Waals surface area contributed by atoms with E-state index in [-0.39, 0.29) is 5.91 Å². The molecule has 1 N–H and O–H groups in total. The molecule has 1 amide bonds. The van der Waals surface area contributed by atoms with Crippen molar-refractivity contribution in [2.45, 2.75) is 33.4 Å². The molecular weight excluding hydrogens is 398 g/mol. The lowest BCUT2D eigenvalue weighted by Gasteiger charge is -2.18. The van der Waals surface area contributed by atoms with E-state index in [1.54, 1.807) is 11.3 Å². The summed E-state index contributed by atoms with van der Waals surface area (Å²) < 4.78 is 0.816. The Balaban J connectivity index is 1.53. The first-order chi connectivity index (χ1) is 13.0. The number of hydrogen-bond donors (Lipinski definition) is 1. The van der Waals surface area contributed by atoms with Crippen molar-refractivity contribution >= 4 is 45.9 Å². The minimum absolute atomic E-state index is 0.0414. The number of thiazole rings is 1. The van der Waals surface area contributed by atoms with Crippen molar-refractivity contribution in [3.8, 4) is 0 Å². The zero-order valence-electron chi connectivity index (χ0n) is 15.4. The third-order valence-electron chi connectivity index (χ3n) is 4.09. The van der Waals surface area contributed by atoms with E-state index in [9.17, 15) is 4.79 Å². The SMILES string of the molecule is CCN(Cc1csc(CC(=O)Nc2ccc(C)cc2)n1)Cc1ccc(Cl)s1. The number of carbonyl (C=O) groups excluding carboxylic acids is 1. The zero-order chi connectivity index (χ0) is 19.2. The second kappa shape index (κ2) is 9.46. The molecule has 0 aliphatic rings. The van der Waals surface area contributed by atoms with Crippen LogP contribution in [-0.4, -0.2) is 22.3 Å². The van der Waals surface area contributed by atoms with Gasteiger partial charge in [-0.15, -0.1) is 22.7 Å². The molecule has 0 radical (unpaired) electrons. The molecule has 0 unspecified atom stereocenters. The van der Waals surface area contributed by atoms with Gasteiger partial charge in [-0.3, -0.25) is 9.69 Å². The Kier molecular flexibility index (Phi) is 7.01. The van der Waals surface area contributed by atoms with Gasteiger partial charge in [0, 0.05) is 29.0 Å². The van der Waals surface area contributed by atoms with E-state index in [1.807, 2.05) is 42.6 Å². The Bertz CT molecular complexity index is 889. The second-order valence-electron chi connectivity index (χ2n) is 6.33. The topological polar surface area (TPSA) is 45.2 Å². The molecule has 0 fully saturated rings. The highest BCUT2D eigenvalue weighted by atomic mass is 35.5. The average molecular weight is 420 g/mol. The number of aryl methyl sites for hydroxylation is 1. The predicted molar refractivity (Wildman–Crippen MR) is 115 cm³/mol. The highest BCUT2D eigenvalue weighted by molar-refractivity contribution is 7.16. The largest absolute Gasteiger partial charge is 0.326 e. The van der Waals surface area contributed by atoms with Crippen LogP contribution < -0.4 is 5.32 Å². The van der Waals surface area contributed by atoms with E-state index in [4.69, 9.17) is 11.6 Å². The van der Waals surface area contributed by atoms with Crippen LogP contribution in [0, 0.1) is 6.92 Å². The number of nitrogens with zero attached hydrogens (tertiary/aromatic N) is 2. The van der Waals surface area contributed by atoms with Crippen molar-refractivity contribution in [2.24, 2.45) is 0 Å². The Morgan fingerprint density at radius 1 is 1.19 bits per heavy atom. The van der Waals surface area contributed by atoms with Crippen LogP contribution in [0.3, 0.4) is 0 Å². The summed E-state index contributed by atoms with van der Waals surface area (Å²) in [4.78, 5) is 20.4. The van der Waals surface area contributed by atoms with Crippen LogP contribution in [-0.2, 0) is 24.3 Å². The Morgan fingerprint density at radius 3 is 2.63 bits per heavy atom. The Morgan fingerprint density at radius 2 is 1.96 bits per heavy atom. The highest BCUT2D eigenvalue weighted by Crippen LogP contribution is 2.23. The van der Waals surface area contributed by atoms with Crippen molar-refractivity contribution in [3.63, 3.8) is 0 Å². The van der Waals surface area contributed by atoms with Crippen LogP contribution in [0.1, 0.15) is 28.1 Å². The molecule has 1 aromatic carbocycles. The molecule has 0 atom stereocenters. The van der Waals surface area contributed by atoms with E-state index < -0.39 is 0 Å². The molecular formula is C20H22ClN3OS2. The maximum absolute atomic E-state index is 12.2. The van der Waals surface area contributed by atoms with E-state index in [1.165, 1.54) is 21.8 Å². The first kappa shape index (κ1) is 20.0. The number of rotatable bonds is 8. The van der Waals surface area contributed by atoms with Crippen LogP contribution in [0.25, 0.3) is 0 Å². The number of anilines is 1. The summed E-state index contributed by atoms with van der Waals surface area (Å²) in [6, 6.07) is 11.8. The molecule has 27 heavy (non-hydrogen) atoms. The Labute approximate surface area is 172 Å². The van der Waals surface area contributed by atoms with Gasteiger partial charge < -0.3 is 5.32 Å². The molecule has 4 nitrogen and oxygen atoms in total. The molecule has 0 bridgehead atoms. The molecule has 3 aromatic rings. The molecule has 142 valence electrons. The molecule has 0 aliphatic carbocycles. The quantitative estimate of drug-likeness (QED) is 0.533. The molecule has 0 saturated heterocycles. The van der Waals surface area contributed by atoms with Crippen LogP contribution >= 0.6 is 34.3 Å². The minimum Gasteiger partial charge on any atom is -0.326 e. The Hall–Kier alpha value is -1.73. The average Bonchev–Trinajstić information content (AvgIpc) is 3.25. The van der Waals surface area contributed by atoms with E-state index in [0.29, 0.717) is 6.42 Å². The molecule has 2 heterocycles. The van der Waals surface area contributed by atoms with E-state index >= 15 is 0 Å². The lowest BCUT2D eigenvalue weighted by Crippen LogP contribution is -2.22. The fourth-order valence-corrected chi connectivity index (χ4v) is 4.56. The highest BCUT2D eigenvalue weighted by Gasteiger charge is 2.12. The number of aromatic nitrogens is 1. The summed E-state index contributed by atoms with van der Waals surface area (Å²) in [5.74, 6) is -0.0414. The van der Waals surface area contributed by atoms with Crippen LogP contribution in [0.15, 0.2) is 41.8 Å². The number of thiophene rings is 1. The van der Waals surface area contributed by atoms with Gasteiger partial charge >= 0.3 is 0 Å². The zero-order valence-corrected chi connectivity index (χ0v) is 17.8. The van der Waals surface area contributed by atoms with Gasteiger partial charge in [-0.1, -0.05) is 36.2 Å². The van der Waals surface area contributed by atoms with Crippen LogP contribution in [0.2, 0.25) is 4.34 Å². The van der Waals surface area contributed by atoms with E-state index in [2.05, 4.69) is 28.2 Å². The molecule has 2 aromatic heterocycles. The molecule has 0 aliphatic heterocycles. The lowest BCUT2D eigenvalue weighted by molar-refractivity contribution is -0.115. The first-order valence-corrected chi connectivity index (χ1v) is 10.9. The number of nitrogens with one attached hydrogen (secondary N) is 1. The fraction of sp³-hybridized carbons (Fsp3) is 0.300. The molecule has 0 saturated carbocycles. The summed E-state index contributed by atoms with van der Waals surface area (Å²) in [5, 5.41) is 5.80. The van der Waals surface area contributed by atoms with Gasteiger partial charge in [0.1, 0.15) is 5.01 Å². The van der Waals surface area contributed by atoms with Gasteiger partial charge in [-0.05, 0) is 37.7 Å². The first-order valence-electron chi connectivity index (χ1n) is 8.78. The standard InChI is InChI=1S/C20H22ClN3OS2/c1-3-24(12-17-8-9-18(21)27-17)11-16-13-26-20(23-16)10-19(25)22-15-6-4-14(2)5-7-15/h4-9,13H,3,10-12H2,1-2H3,(H,22,25). The van der Waals surface area contributed by atoms with Crippen molar-refractivity contribution in [1.29, 1.82) is 0 Å². The van der Waals surface area contributed by atoms with Crippen LogP contribution in [0.4, 0.5) is 5.69 Å². The molecule has 7 heteroatoms. The van der Waals surface area contributed by atoms with Crippen molar-refractivity contribution in [2.75, 3.05) is 11.9 Å². The van der Waals surface area contributed by atoms with Gasteiger partial charge in [0.25, 0.3) is 0 Å². The maximum atomic E-state index is 12.2. The molecule has 3 rings (SSSR count). The third-order valence-corrected chi connectivity index (χ3v) is 6.20. The van der Waals surface area contributed by atoms with Gasteiger partial charge in [0.15, 0.2) is 0 Å². The summed E-state index contributed by atoms with van der Waals surface area (Å²) in [6.45, 7) is 6.71. The smallest absolute Gasteiger partial charge is 0.231 e. The van der Waals surface area contributed by atoms with Gasteiger partial charge in [-0.25, -0.2) is 4.98 Å². The predicted octanol–water partition coefficient (Wildman–Crippen LogP) is 5.37. The molecule has 0 spiro atoms. The number of hydrogen-bond acceptors (Lipinski definition) is 5. The number of halogens is 1. The van der Waals surface area contributed by atoms with Gasteiger partial charge in [-0.2, -0.15) is 0 Å². The van der Waals surface area contributed by atoms with Crippen molar-refractivity contribution in [3.05, 3.63) is 67.3 Å². The lowest BCUT2D eigenvalue weighted by atomic mass is 10.2. The minimum atomic E-state index is -0.0414. The van der Waals surface area contributed by atoms with Gasteiger partial charge in [0.05, 0.1) is 16.5 Å². The maximum Gasteiger partial charge on any atom is 0.231 e. The number of amides is 1. The summed E-state index contributed by atoms with van der Waals surface area (Å²) >= 11 is 9.16. The van der Waals surface area contributed by atoms with E-state index in [0.717, 1.165) is 40.4 Å². The third kappa shape index (κ3) is 6.14. The number of carbonyl (C=O) groups is 1. The summed E-state index contributed by atoms with van der Waals surface area (Å²) in [7, 11) is 0. The monoisotopic (exact) mass is 419 g/mol.